The third kappa shape index (κ3) is 3.73. The molecule has 0 aromatic heterocycles. The summed E-state index contributed by atoms with van der Waals surface area (Å²) >= 11 is 3.50. The van der Waals surface area contributed by atoms with Crippen LogP contribution in [0.4, 0.5) is 5.69 Å². The van der Waals surface area contributed by atoms with Crippen LogP contribution in [0.3, 0.4) is 0 Å². The average Bonchev–Trinajstić information content (AvgIpc) is 2.52. The molecule has 0 aliphatic carbocycles. The van der Waals surface area contributed by atoms with E-state index in [-0.39, 0.29) is 0 Å². The van der Waals surface area contributed by atoms with Crippen molar-refractivity contribution in [3.8, 4) is 0 Å². The first-order valence-corrected chi connectivity index (χ1v) is 7.75. The third-order valence-corrected chi connectivity index (χ3v) is 3.83. The molecule has 1 N–H and O–H groups in total. The van der Waals surface area contributed by atoms with E-state index in [0.717, 1.165) is 16.7 Å². The van der Waals surface area contributed by atoms with Crippen LogP contribution in [0.5, 0.6) is 0 Å². The number of benzene rings is 3. The van der Waals surface area contributed by atoms with Gasteiger partial charge < -0.3 is 5.32 Å². The van der Waals surface area contributed by atoms with Gasteiger partial charge in [-0.15, -0.1) is 0 Å². The predicted molar refractivity (Wildman–Crippen MR) is 95.6 cm³/mol. The van der Waals surface area contributed by atoms with E-state index in [1.807, 2.05) is 6.07 Å². The van der Waals surface area contributed by atoms with Gasteiger partial charge in [0.05, 0.1) is 0 Å². The molecule has 21 heavy (non-hydrogen) atoms. The van der Waals surface area contributed by atoms with Gasteiger partial charge in [-0.3, -0.25) is 0 Å². The topological polar surface area (TPSA) is 12.0 Å². The van der Waals surface area contributed by atoms with Crippen molar-refractivity contribution in [3.05, 3.63) is 82.8 Å². The second-order valence-corrected chi connectivity index (χ2v) is 5.82. The Kier molecular flexibility index (Phi) is 4.37. The first-order valence-electron chi connectivity index (χ1n) is 6.96. The summed E-state index contributed by atoms with van der Waals surface area (Å²) in [5.74, 6) is 0. The lowest BCUT2D eigenvalue weighted by Gasteiger charge is -2.05. The molecule has 1 nitrogen and oxygen atoms in total. The van der Waals surface area contributed by atoms with E-state index >= 15 is 0 Å². The Hall–Kier alpha value is -2.06. The number of hydrogen-bond acceptors (Lipinski definition) is 1. The van der Waals surface area contributed by atoms with Crippen LogP contribution in [-0.2, 0) is 0 Å². The maximum Gasteiger partial charge on any atom is 0.0349 e. The second kappa shape index (κ2) is 6.59. The second-order valence-electron chi connectivity index (χ2n) is 4.90. The van der Waals surface area contributed by atoms with Gasteiger partial charge >= 0.3 is 0 Å². The van der Waals surface area contributed by atoms with E-state index in [1.165, 1.54) is 16.3 Å². The van der Waals surface area contributed by atoms with Crippen LogP contribution in [0.15, 0.2) is 77.3 Å². The van der Waals surface area contributed by atoms with Gasteiger partial charge in [0.1, 0.15) is 0 Å². The molecule has 0 unspecified atom stereocenters. The molecular formula is C19H16BrN. The van der Waals surface area contributed by atoms with E-state index in [0.29, 0.717) is 0 Å². The van der Waals surface area contributed by atoms with Crippen molar-refractivity contribution >= 4 is 38.5 Å². The molecule has 0 atom stereocenters. The lowest BCUT2D eigenvalue weighted by molar-refractivity contribution is 1.35. The maximum atomic E-state index is 3.50. The van der Waals surface area contributed by atoms with Crippen molar-refractivity contribution in [3.63, 3.8) is 0 Å². The molecule has 3 aromatic rings. The molecule has 3 rings (SSSR count). The number of rotatable bonds is 4. The summed E-state index contributed by atoms with van der Waals surface area (Å²) in [5, 5.41) is 5.91. The van der Waals surface area contributed by atoms with E-state index in [2.05, 4.69) is 94.1 Å². The molecule has 104 valence electrons. The molecule has 0 aliphatic rings. The minimum atomic E-state index is 0.816. The Morgan fingerprint density at radius 1 is 0.857 bits per heavy atom. The van der Waals surface area contributed by atoms with Crippen LogP contribution >= 0.6 is 15.9 Å². The Morgan fingerprint density at radius 3 is 2.48 bits per heavy atom. The zero-order chi connectivity index (χ0) is 14.5. The Balaban J connectivity index is 1.65. The Bertz CT molecular complexity index is 763. The minimum Gasteiger partial charge on any atom is -0.382 e. The van der Waals surface area contributed by atoms with E-state index in [4.69, 9.17) is 0 Å². The van der Waals surface area contributed by atoms with Crippen molar-refractivity contribution in [2.24, 2.45) is 0 Å². The molecule has 0 fully saturated rings. The fourth-order valence-corrected chi connectivity index (χ4v) is 2.64. The van der Waals surface area contributed by atoms with Gasteiger partial charge in [0.15, 0.2) is 0 Å². The fourth-order valence-electron chi connectivity index (χ4n) is 2.26. The van der Waals surface area contributed by atoms with Gasteiger partial charge in [0.25, 0.3) is 0 Å². The summed E-state index contributed by atoms with van der Waals surface area (Å²) in [7, 11) is 0. The van der Waals surface area contributed by atoms with Crippen molar-refractivity contribution in [1.82, 2.24) is 0 Å². The van der Waals surface area contributed by atoms with Crippen molar-refractivity contribution < 1.29 is 0 Å². The van der Waals surface area contributed by atoms with Crippen LogP contribution in [-0.4, -0.2) is 6.54 Å². The summed E-state index contributed by atoms with van der Waals surface area (Å²) in [6, 6.07) is 23.1. The van der Waals surface area contributed by atoms with E-state index in [9.17, 15) is 0 Å². The van der Waals surface area contributed by atoms with Crippen LogP contribution in [0.1, 0.15) is 5.56 Å². The molecule has 0 heterocycles. The minimum absolute atomic E-state index is 0.816. The zero-order valence-corrected chi connectivity index (χ0v) is 13.2. The number of anilines is 1. The molecular weight excluding hydrogens is 322 g/mol. The average molecular weight is 338 g/mol. The van der Waals surface area contributed by atoms with Crippen molar-refractivity contribution in [2.45, 2.75) is 0 Å². The maximum absolute atomic E-state index is 3.50. The third-order valence-electron chi connectivity index (χ3n) is 3.34. The van der Waals surface area contributed by atoms with E-state index in [1.54, 1.807) is 0 Å². The monoisotopic (exact) mass is 337 g/mol. The lowest BCUT2D eigenvalue weighted by Crippen LogP contribution is -1.97. The van der Waals surface area contributed by atoms with Crippen LogP contribution in [0.25, 0.3) is 16.8 Å². The Morgan fingerprint density at radius 2 is 1.62 bits per heavy atom. The van der Waals surface area contributed by atoms with Gasteiger partial charge in [-0.05, 0) is 40.6 Å². The molecule has 0 spiro atoms. The van der Waals surface area contributed by atoms with Gasteiger partial charge in [-0.2, -0.15) is 0 Å². The molecule has 3 aromatic carbocycles. The van der Waals surface area contributed by atoms with Crippen LogP contribution in [0, 0.1) is 0 Å². The summed E-state index contributed by atoms with van der Waals surface area (Å²) < 4.78 is 1.11. The van der Waals surface area contributed by atoms with Gasteiger partial charge in [-0.1, -0.05) is 70.5 Å². The SMILES string of the molecule is Brc1ccc2cc(NC/C=C/c3ccccc3)ccc2c1. The number of halogens is 1. The standard InChI is InChI=1S/C19H16BrN/c20-18-10-8-17-14-19(11-9-16(17)13-18)21-12-4-7-15-5-2-1-3-6-15/h1-11,13-14,21H,12H2/b7-4+. The number of fused-ring (bicyclic) bond motifs is 1. The largest absolute Gasteiger partial charge is 0.382 e. The quantitative estimate of drug-likeness (QED) is 0.641. The molecule has 0 radical (unpaired) electrons. The first-order chi connectivity index (χ1) is 10.3. The molecule has 0 saturated carbocycles. The van der Waals surface area contributed by atoms with Gasteiger partial charge in [0.2, 0.25) is 0 Å². The van der Waals surface area contributed by atoms with Crippen molar-refractivity contribution in [1.29, 1.82) is 0 Å². The summed E-state index contributed by atoms with van der Waals surface area (Å²) in [5.41, 5.74) is 2.37. The normalized spacial score (nSPS) is 11.1. The van der Waals surface area contributed by atoms with Gasteiger partial charge in [0, 0.05) is 16.7 Å². The molecule has 0 bridgehead atoms. The molecule has 0 aliphatic heterocycles. The fraction of sp³-hybridized carbons (Fsp3) is 0.0526. The predicted octanol–water partition coefficient (Wildman–Crippen LogP) is 5.73. The highest BCUT2D eigenvalue weighted by molar-refractivity contribution is 9.10. The van der Waals surface area contributed by atoms with Crippen molar-refractivity contribution in [2.75, 3.05) is 11.9 Å². The highest BCUT2D eigenvalue weighted by Crippen LogP contribution is 2.22. The van der Waals surface area contributed by atoms with E-state index < -0.39 is 0 Å². The zero-order valence-electron chi connectivity index (χ0n) is 11.6. The smallest absolute Gasteiger partial charge is 0.0349 e. The van der Waals surface area contributed by atoms with Crippen LogP contribution in [0.2, 0.25) is 0 Å². The number of hydrogen-bond donors (Lipinski definition) is 1. The summed E-state index contributed by atoms with van der Waals surface area (Å²) in [6.45, 7) is 0.816. The number of nitrogens with one attached hydrogen (secondary N) is 1. The highest BCUT2D eigenvalue weighted by Gasteiger charge is 1.96. The molecule has 0 amide bonds. The summed E-state index contributed by atoms with van der Waals surface area (Å²) in [4.78, 5) is 0. The van der Waals surface area contributed by atoms with Crippen LogP contribution < -0.4 is 5.32 Å². The highest BCUT2D eigenvalue weighted by atomic mass is 79.9. The molecule has 2 heteroatoms. The van der Waals surface area contributed by atoms with Gasteiger partial charge in [-0.25, -0.2) is 0 Å². The summed E-state index contributed by atoms with van der Waals surface area (Å²) in [6.07, 6.45) is 4.27. The molecule has 0 saturated heterocycles. The lowest BCUT2D eigenvalue weighted by atomic mass is 10.1. The Labute approximate surface area is 133 Å². The first kappa shape index (κ1) is 13.9.